The lowest BCUT2D eigenvalue weighted by molar-refractivity contribution is -0.384. The predicted molar refractivity (Wildman–Crippen MR) is 88.2 cm³/mol. The second kappa shape index (κ2) is 6.43. The summed E-state index contributed by atoms with van der Waals surface area (Å²) in [5, 5.41) is 13.3. The van der Waals surface area contributed by atoms with E-state index in [2.05, 4.69) is 10.3 Å². The molecule has 0 atom stereocenters. The standard InChI is InChI=1S/C15H13N5O5/c16-12-5-4-11-15(18-12)19(14(22)8-25-11)7-13(21)17-9-2-1-3-10(6-9)20(23)24/h1-6H,7-8H2,(H2,16,18)(H,17,21). The minimum atomic E-state index is -0.565. The van der Waals surface area contributed by atoms with Crippen molar-refractivity contribution in [2.24, 2.45) is 0 Å². The predicted octanol–water partition coefficient (Wildman–Crippen LogP) is 0.936. The fourth-order valence-electron chi connectivity index (χ4n) is 2.30. The molecule has 25 heavy (non-hydrogen) atoms. The summed E-state index contributed by atoms with van der Waals surface area (Å²) >= 11 is 0. The highest BCUT2D eigenvalue weighted by Crippen LogP contribution is 2.30. The van der Waals surface area contributed by atoms with E-state index in [-0.39, 0.29) is 36.2 Å². The Kier molecular flexibility index (Phi) is 4.16. The quantitative estimate of drug-likeness (QED) is 0.621. The van der Waals surface area contributed by atoms with Crippen molar-refractivity contribution in [1.82, 2.24) is 4.98 Å². The number of hydrogen-bond donors (Lipinski definition) is 2. The summed E-state index contributed by atoms with van der Waals surface area (Å²) in [5.74, 6) is -0.297. The van der Waals surface area contributed by atoms with Gasteiger partial charge in [-0.3, -0.25) is 24.6 Å². The van der Waals surface area contributed by atoms with Gasteiger partial charge in [-0.1, -0.05) is 6.07 Å². The summed E-state index contributed by atoms with van der Waals surface area (Å²) in [6.45, 7) is -0.545. The highest BCUT2D eigenvalue weighted by atomic mass is 16.6. The summed E-state index contributed by atoms with van der Waals surface area (Å²) in [6.07, 6.45) is 0. The number of carbonyl (C=O) groups excluding carboxylic acids is 2. The maximum Gasteiger partial charge on any atom is 0.271 e. The van der Waals surface area contributed by atoms with Gasteiger partial charge in [-0.2, -0.15) is 0 Å². The Morgan fingerprint density at radius 3 is 2.96 bits per heavy atom. The van der Waals surface area contributed by atoms with Gasteiger partial charge >= 0.3 is 0 Å². The summed E-state index contributed by atoms with van der Waals surface area (Å²) in [5.41, 5.74) is 5.72. The fourth-order valence-corrected chi connectivity index (χ4v) is 2.30. The zero-order valence-corrected chi connectivity index (χ0v) is 12.8. The maximum absolute atomic E-state index is 12.2. The summed E-state index contributed by atoms with van der Waals surface area (Å²) in [7, 11) is 0. The first-order chi connectivity index (χ1) is 11.9. The number of nitrogens with two attached hydrogens (primary N) is 1. The smallest absolute Gasteiger partial charge is 0.271 e. The first-order valence-corrected chi connectivity index (χ1v) is 7.18. The lowest BCUT2D eigenvalue weighted by atomic mass is 10.2. The molecule has 10 nitrogen and oxygen atoms in total. The molecule has 2 amide bonds. The highest BCUT2D eigenvalue weighted by Gasteiger charge is 2.29. The fraction of sp³-hybridized carbons (Fsp3) is 0.133. The molecule has 0 unspecified atom stereocenters. The van der Waals surface area contributed by atoms with Gasteiger partial charge in [0.05, 0.1) is 4.92 Å². The van der Waals surface area contributed by atoms with Crippen LogP contribution in [0.1, 0.15) is 0 Å². The molecule has 0 bridgehead atoms. The van der Waals surface area contributed by atoms with Gasteiger partial charge in [-0.05, 0) is 18.2 Å². The topological polar surface area (TPSA) is 141 Å². The van der Waals surface area contributed by atoms with Crippen LogP contribution in [0.2, 0.25) is 0 Å². The van der Waals surface area contributed by atoms with Gasteiger partial charge in [-0.25, -0.2) is 4.98 Å². The van der Waals surface area contributed by atoms with Crippen LogP contribution in [0, 0.1) is 10.1 Å². The first-order valence-electron chi connectivity index (χ1n) is 7.18. The molecular formula is C15H13N5O5. The molecule has 0 saturated carbocycles. The van der Waals surface area contributed by atoms with Crippen molar-refractivity contribution >= 4 is 34.8 Å². The monoisotopic (exact) mass is 343 g/mol. The van der Waals surface area contributed by atoms with Gasteiger partial charge in [0.1, 0.15) is 12.4 Å². The van der Waals surface area contributed by atoms with E-state index in [4.69, 9.17) is 10.5 Å². The molecule has 0 fully saturated rings. The Balaban J connectivity index is 1.77. The number of nitrogens with zero attached hydrogens (tertiary/aromatic N) is 3. The van der Waals surface area contributed by atoms with Crippen LogP contribution < -0.4 is 20.7 Å². The van der Waals surface area contributed by atoms with Crippen molar-refractivity contribution in [2.45, 2.75) is 0 Å². The molecule has 2 aromatic rings. The molecule has 1 aromatic carbocycles. The van der Waals surface area contributed by atoms with Gasteiger partial charge in [0.25, 0.3) is 11.6 Å². The van der Waals surface area contributed by atoms with Crippen LogP contribution >= 0.6 is 0 Å². The number of carbonyl (C=O) groups is 2. The van der Waals surface area contributed by atoms with Gasteiger partial charge in [0.15, 0.2) is 18.2 Å². The van der Waals surface area contributed by atoms with Crippen molar-refractivity contribution in [3.05, 3.63) is 46.5 Å². The van der Waals surface area contributed by atoms with E-state index < -0.39 is 16.7 Å². The number of hydrogen-bond acceptors (Lipinski definition) is 7. The van der Waals surface area contributed by atoms with Gasteiger partial charge in [0.2, 0.25) is 5.91 Å². The number of nitro benzene ring substituents is 1. The number of nitrogen functional groups attached to an aromatic ring is 1. The maximum atomic E-state index is 12.2. The number of fused-ring (bicyclic) bond motifs is 1. The molecule has 3 rings (SSSR count). The van der Waals surface area contributed by atoms with Crippen LogP contribution in [0.25, 0.3) is 0 Å². The number of non-ortho nitro benzene ring substituents is 1. The summed E-state index contributed by atoms with van der Waals surface area (Å²) in [6, 6.07) is 8.58. The number of amides is 2. The lowest BCUT2D eigenvalue weighted by Gasteiger charge is -2.27. The first kappa shape index (κ1) is 16.2. The number of aromatic nitrogens is 1. The summed E-state index contributed by atoms with van der Waals surface area (Å²) in [4.78, 5) is 39.7. The Hall–Kier alpha value is -3.69. The zero-order valence-electron chi connectivity index (χ0n) is 12.8. The Morgan fingerprint density at radius 1 is 1.40 bits per heavy atom. The van der Waals surface area contributed by atoms with Crippen molar-refractivity contribution < 1.29 is 19.2 Å². The van der Waals surface area contributed by atoms with E-state index >= 15 is 0 Å². The van der Waals surface area contributed by atoms with E-state index in [1.807, 2.05) is 0 Å². The largest absolute Gasteiger partial charge is 0.480 e. The third kappa shape index (κ3) is 3.47. The van der Waals surface area contributed by atoms with Crippen LogP contribution in [0.4, 0.5) is 23.0 Å². The molecule has 0 radical (unpaired) electrons. The molecule has 0 aliphatic carbocycles. The number of anilines is 3. The van der Waals surface area contributed by atoms with E-state index in [0.717, 1.165) is 4.90 Å². The van der Waals surface area contributed by atoms with E-state index in [9.17, 15) is 19.7 Å². The Bertz CT molecular complexity index is 869. The minimum Gasteiger partial charge on any atom is -0.480 e. The van der Waals surface area contributed by atoms with E-state index in [1.54, 1.807) is 6.07 Å². The lowest BCUT2D eigenvalue weighted by Crippen LogP contribution is -2.44. The SMILES string of the molecule is Nc1ccc2c(n1)N(CC(=O)Nc1cccc([N+](=O)[O-])c1)C(=O)CO2. The number of nitrogens with one attached hydrogen (secondary N) is 1. The average molecular weight is 343 g/mol. The number of ether oxygens (including phenoxy) is 1. The Morgan fingerprint density at radius 2 is 2.20 bits per heavy atom. The van der Waals surface area contributed by atoms with Gasteiger partial charge in [-0.15, -0.1) is 0 Å². The molecule has 3 N–H and O–H groups in total. The number of pyridine rings is 1. The highest BCUT2D eigenvalue weighted by molar-refractivity contribution is 6.04. The molecule has 2 heterocycles. The third-order valence-corrected chi connectivity index (χ3v) is 3.41. The molecule has 0 spiro atoms. The summed E-state index contributed by atoms with van der Waals surface area (Å²) < 4.78 is 5.25. The van der Waals surface area contributed by atoms with Crippen LogP contribution in [-0.2, 0) is 9.59 Å². The second-order valence-electron chi connectivity index (χ2n) is 5.18. The van der Waals surface area contributed by atoms with Crippen LogP contribution in [0.3, 0.4) is 0 Å². The normalized spacial score (nSPS) is 13.0. The minimum absolute atomic E-state index is 0.153. The zero-order chi connectivity index (χ0) is 18.0. The van der Waals surface area contributed by atoms with Crippen molar-refractivity contribution in [1.29, 1.82) is 0 Å². The molecular weight excluding hydrogens is 330 g/mol. The average Bonchev–Trinajstić information content (AvgIpc) is 2.58. The van der Waals surface area contributed by atoms with Crippen molar-refractivity contribution in [3.63, 3.8) is 0 Å². The van der Waals surface area contributed by atoms with Gasteiger partial charge < -0.3 is 15.8 Å². The number of nitro groups is 1. The van der Waals surface area contributed by atoms with Crippen LogP contribution in [0.5, 0.6) is 5.75 Å². The van der Waals surface area contributed by atoms with E-state index in [0.29, 0.717) is 5.75 Å². The van der Waals surface area contributed by atoms with Crippen molar-refractivity contribution in [3.8, 4) is 5.75 Å². The van der Waals surface area contributed by atoms with E-state index in [1.165, 1.54) is 30.3 Å². The molecule has 1 aliphatic rings. The second-order valence-corrected chi connectivity index (χ2v) is 5.18. The number of benzene rings is 1. The molecule has 10 heteroatoms. The van der Waals surface area contributed by atoms with Crippen LogP contribution in [0.15, 0.2) is 36.4 Å². The number of rotatable bonds is 4. The molecule has 0 saturated heterocycles. The Labute approximate surface area is 141 Å². The third-order valence-electron chi connectivity index (χ3n) is 3.41. The molecule has 1 aliphatic heterocycles. The molecule has 1 aromatic heterocycles. The molecule has 128 valence electrons. The van der Waals surface area contributed by atoms with Crippen molar-refractivity contribution in [2.75, 3.05) is 29.1 Å². The van der Waals surface area contributed by atoms with Gasteiger partial charge in [0, 0.05) is 17.8 Å². The van der Waals surface area contributed by atoms with Crippen LogP contribution in [-0.4, -0.2) is 34.9 Å².